The summed E-state index contributed by atoms with van der Waals surface area (Å²) in [6.07, 6.45) is 2.04. The van der Waals surface area contributed by atoms with Gasteiger partial charge in [-0.15, -0.1) is 6.58 Å². The molecule has 3 aliphatic rings. The first kappa shape index (κ1) is 24.2. The number of anilines is 1. The number of hydrogen-bond acceptors (Lipinski definition) is 4. The molecule has 0 aromatic heterocycles. The SMILES string of the molecule is C=CCC1C(c2ccc(N3CCN(C)C3=O)cc2)=C(C(=O)O)N2C(=O)[C@H]([C@@H](C)O[Si](C)(C)C)[C@@H]12. The van der Waals surface area contributed by atoms with Crippen molar-refractivity contribution in [3.8, 4) is 0 Å². The van der Waals surface area contributed by atoms with Crippen LogP contribution >= 0.6 is 0 Å². The van der Waals surface area contributed by atoms with Crippen molar-refractivity contribution < 1.29 is 23.9 Å². The van der Waals surface area contributed by atoms with E-state index in [1.807, 2.05) is 31.2 Å². The van der Waals surface area contributed by atoms with Crippen LogP contribution in [0.25, 0.3) is 5.57 Å². The highest BCUT2D eigenvalue weighted by Gasteiger charge is 2.61. The van der Waals surface area contributed by atoms with Crippen LogP contribution in [0.4, 0.5) is 10.5 Å². The Bertz CT molecular complexity index is 1060. The number of fused-ring (bicyclic) bond motifs is 1. The molecule has 0 saturated carbocycles. The van der Waals surface area contributed by atoms with Crippen LogP contribution in [-0.2, 0) is 14.0 Å². The molecule has 0 spiro atoms. The summed E-state index contributed by atoms with van der Waals surface area (Å²) < 4.78 is 6.23. The Hall–Kier alpha value is -2.91. The molecule has 8 nitrogen and oxygen atoms in total. The Morgan fingerprint density at radius 2 is 1.88 bits per heavy atom. The third-order valence-electron chi connectivity index (χ3n) is 6.84. The number of hydrogen-bond donors (Lipinski definition) is 1. The van der Waals surface area contributed by atoms with Gasteiger partial charge in [0.1, 0.15) is 5.70 Å². The van der Waals surface area contributed by atoms with Gasteiger partial charge in [0.15, 0.2) is 8.32 Å². The third kappa shape index (κ3) is 3.96. The van der Waals surface area contributed by atoms with Crippen LogP contribution in [0.15, 0.2) is 42.6 Å². The number of carboxylic acid groups (broad SMARTS) is 1. The standard InChI is InChI=1S/C25H33N3O5Si/c1-7-8-18-20(16-9-11-17(12-10-16)27-14-13-26(3)25(27)32)22(24(30)31)28-21(18)19(23(28)29)15(2)33-34(4,5)6/h7,9-12,15,18-19,21H,1,8,13-14H2,2-6H3,(H,30,31)/t15-,18?,19-,21-/m1/s1. The highest BCUT2D eigenvalue weighted by atomic mass is 28.4. The molecule has 2 saturated heterocycles. The molecule has 0 radical (unpaired) electrons. The maximum atomic E-state index is 13.2. The number of carboxylic acids is 1. The molecule has 3 amide bonds. The first-order valence-corrected chi connectivity index (χ1v) is 15.1. The number of urea groups is 1. The topological polar surface area (TPSA) is 90.4 Å². The summed E-state index contributed by atoms with van der Waals surface area (Å²) >= 11 is 0. The van der Waals surface area contributed by atoms with Gasteiger partial charge in [-0.3, -0.25) is 9.69 Å². The molecule has 1 aromatic rings. The van der Waals surface area contributed by atoms with E-state index in [0.29, 0.717) is 25.1 Å². The Morgan fingerprint density at radius 3 is 2.38 bits per heavy atom. The Labute approximate surface area is 201 Å². The normalized spacial score (nSPS) is 25.6. The van der Waals surface area contributed by atoms with Gasteiger partial charge >= 0.3 is 12.0 Å². The molecular formula is C25H33N3O5Si. The quantitative estimate of drug-likeness (QED) is 0.346. The summed E-state index contributed by atoms with van der Waals surface area (Å²) in [6, 6.07) is 7.06. The van der Waals surface area contributed by atoms with Crippen molar-refractivity contribution in [2.75, 3.05) is 25.0 Å². The fourth-order valence-corrected chi connectivity index (χ4v) is 6.78. The molecule has 9 heteroatoms. The van der Waals surface area contributed by atoms with Gasteiger partial charge in [-0.1, -0.05) is 18.2 Å². The van der Waals surface area contributed by atoms with Crippen molar-refractivity contribution in [3.05, 3.63) is 48.2 Å². The minimum atomic E-state index is -1.89. The van der Waals surface area contributed by atoms with E-state index in [9.17, 15) is 19.5 Å². The van der Waals surface area contributed by atoms with Crippen LogP contribution in [0.2, 0.25) is 19.6 Å². The summed E-state index contributed by atoms with van der Waals surface area (Å²) in [5, 5.41) is 10.1. The Morgan fingerprint density at radius 1 is 1.24 bits per heavy atom. The average molecular weight is 484 g/mol. The van der Waals surface area contributed by atoms with Gasteiger partial charge in [0.25, 0.3) is 0 Å². The average Bonchev–Trinajstić information content (AvgIpc) is 3.22. The van der Waals surface area contributed by atoms with Crippen LogP contribution in [0.1, 0.15) is 18.9 Å². The van der Waals surface area contributed by atoms with E-state index in [-0.39, 0.29) is 41.6 Å². The molecule has 3 aliphatic heterocycles. The summed E-state index contributed by atoms with van der Waals surface area (Å²) in [4.78, 5) is 42.7. The largest absolute Gasteiger partial charge is 0.477 e. The van der Waals surface area contributed by atoms with E-state index in [1.54, 1.807) is 22.9 Å². The smallest absolute Gasteiger partial charge is 0.352 e. The van der Waals surface area contributed by atoms with E-state index in [2.05, 4.69) is 26.2 Å². The molecule has 34 heavy (non-hydrogen) atoms. The maximum Gasteiger partial charge on any atom is 0.352 e. The summed E-state index contributed by atoms with van der Waals surface area (Å²) in [5.41, 5.74) is 2.20. The zero-order valence-electron chi connectivity index (χ0n) is 20.4. The van der Waals surface area contributed by atoms with E-state index in [1.165, 1.54) is 4.90 Å². The summed E-state index contributed by atoms with van der Waals surface area (Å²) in [6.45, 7) is 13.3. The second-order valence-electron chi connectivity index (χ2n) is 10.3. The second-order valence-corrected chi connectivity index (χ2v) is 14.7. The molecule has 182 valence electrons. The number of nitrogens with zero attached hydrogens (tertiary/aromatic N) is 3. The molecule has 1 unspecified atom stereocenters. The van der Waals surface area contributed by atoms with Crippen LogP contribution in [-0.4, -0.2) is 73.4 Å². The van der Waals surface area contributed by atoms with Gasteiger partial charge in [-0.25, -0.2) is 9.59 Å². The number of likely N-dealkylation sites (N-methyl/N-ethyl adjacent to an activating group) is 1. The molecule has 2 fully saturated rings. The van der Waals surface area contributed by atoms with Gasteiger partial charge in [-0.2, -0.15) is 0 Å². The maximum absolute atomic E-state index is 13.2. The highest BCUT2D eigenvalue weighted by molar-refractivity contribution is 6.69. The van der Waals surface area contributed by atoms with Gasteiger partial charge in [-0.05, 0) is 56.3 Å². The number of rotatable bonds is 8. The van der Waals surface area contributed by atoms with E-state index in [4.69, 9.17) is 4.43 Å². The number of carbonyl (C=O) groups is 3. The lowest BCUT2D eigenvalue weighted by Crippen LogP contribution is -2.64. The lowest BCUT2D eigenvalue weighted by atomic mass is 9.74. The monoisotopic (exact) mass is 483 g/mol. The minimum Gasteiger partial charge on any atom is -0.477 e. The van der Waals surface area contributed by atoms with Crippen molar-refractivity contribution in [2.45, 2.75) is 45.1 Å². The van der Waals surface area contributed by atoms with Crippen molar-refractivity contribution in [2.24, 2.45) is 11.8 Å². The minimum absolute atomic E-state index is 0.0445. The van der Waals surface area contributed by atoms with Crippen molar-refractivity contribution in [1.82, 2.24) is 9.80 Å². The van der Waals surface area contributed by atoms with Crippen molar-refractivity contribution in [3.63, 3.8) is 0 Å². The molecule has 4 atom stereocenters. The number of amides is 3. The van der Waals surface area contributed by atoms with Gasteiger partial charge in [0.05, 0.1) is 18.1 Å². The van der Waals surface area contributed by atoms with Crippen molar-refractivity contribution >= 4 is 37.5 Å². The molecule has 4 rings (SSSR count). The fraction of sp³-hybridized carbons (Fsp3) is 0.480. The number of carbonyl (C=O) groups excluding carboxylic acids is 2. The van der Waals surface area contributed by atoms with Crippen LogP contribution < -0.4 is 4.90 Å². The van der Waals surface area contributed by atoms with Crippen LogP contribution in [0.5, 0.6) is 0 Å². The summed E-state index contributed by atoms with van der Waals surface area (Å²) in [5.74, 6) is -1.89. The van der Waals surface area contributed by atoms with Gasteiger partial charge in [0.2, 0.25) is 5.91 Å². The van der Waals surface area contributed by atoms with E-state index in [0.717, 1.165) is 11.3 Å². The Balaban J connectivity index is 1.70. The Kier molecular flexibility index (Phi) is 6.20. The lowest BCUT2D eigenvalue weighted by molar-refractivity contribution is -0.162. The van der Waals surface area contributed by atoms with Crippen LogP contribution in [0.3, 0.4) is 0 Å². The second kappa shape index (κ2) is 8.70. The molecule has 0 aliphatic carbocycles. The molecule has 1 aromatic carbocycles. The number of allylic oxidation sites excluding steroid dienone is 1. The van der Waals surface area contributed by atoms with E-state index >= 15 is 0 Å². The molecule has 1 N–H and O–H groups in total. The number of benzene rings is 1. The zero-order valence-corrected chi connectivity index (χ0v) is 21.4. The van der Waals surface area contributed by atoms with E-state index < -0.39 is 14.3 Å². The van der Waals surface area contributed by atoms with Gasteiger partial charge in [0, 0.05) is 31.7 Å². The fourth-order valence-electron chi connectivity index (χ4n) is 5.52. The molecule has 0 bridgehead atoms. The number of aliphatic carboxylic acids is 1. The number of β-lactam (4-membered cyclic amide) rings is 1. The highest BCUT2D eigenvalue weighted by Crippen LogP contribution is 2.52. The molecular weight excluding hydrogens is 450 g/mol. The summed E-state index contributed by atoms with van der Waals surface area (Å²) in [7, 11) is -0.118. The third-order valence-corrected chi connectivity index (χ3v) is 7.92. The predicted molar refractivity (Wildman–Crippen MR) is 133 cm³/mol. The van der Waals surface area contributed by atoms with Gasteiger partial charge < -0.3 is 19.3 Å². The van der Waals surface area contributed by atoms with Crippen LogP contribution in [0, 0.1) is 11.8 Å². The van der Waals surface area contributed by atoms with Crippen molar-refractivity contribution in [1.29, 1.82) is 0 Å². The zero-order chi connectivity index (χ0) is 24.9. The lowest BCUT2D eigenvalue weighted by Gasteiger charge is -2.49. The predicted octanol–water partition coefficient (Wildman–Crippen LogP) is 3.63. The first-order chi connectivity index (χ1) is 16.0. The first-order valence-electron chi connectivity index (χ1n) is 11.7. The molecule has 3 heterocycles.